The second-order valence-corrected chi connectivity index (χ2v) is 6.81. The Morgan fingerprint density at radius 2 is 2.08 bits per heavy atom. The van der Waals surface area contributed by atoms with Crippen LogP contribution in [0.4, 0.5) is 0 Å². The number of rotatable bonds is 4. The second-order valence-electron chi connectivity index (χ2n) is 6.37. The van der Waals surface area contributed by atoms with Crippen molar-refractivity contribution in [3.05, 3.63) is 81.9 Å². The Labute approximate surface area is 155 Å². The van der Waals surface area contributed by atoms with Gasteiger partial charge in [0.25, 0.3) is 0 Å². The van der Waals surface area contributed by atoms with Gasteiger partial charge < -0.3 is 4.98 Å². The maximum atomic E-state index is 12.9. The highest BCUT2D eigenvalue weighted by Crippen LogP contribution is 2.23. The van der Waals surface area contributed by atoms with Crippen LogP contribution in [0, 0.1) is 6.92 Å². The number of pyridine rings is 1. The summed E-state index contributed by atoms with van der Waals surface area (Å²) in [6.07, 6.45) is 4.24. The molecule has 0 bridgehead atoms. The molecule has 0 saturated carbocycles. The van der Waals surface area contributed by atoms with E-state index in [0.717, 1.165) is 22.2 Å². The predicted molar refractivity (Wildman–Crippen MR) is 102 cm³/mol. The second kappa shape index (κ2) is 6.42. The van der Waals surface area contributed by atoms with Crippen LogP contribution in [0.15, 0.2) is 48.8 Å². The van der Waals surface area contributed by atoms with Gasteiger partial charge in [0.15, 0.2) is 0 Å². The SMILES string of the molecule is Cc1cc(C(=O)c2c[nH]c3ncc(Cc4cccc(Cl)c4)cc23)n(C)n1. The number of aromatic nitrogens is 4. The van der Waals surface area contributed by atoms with E-state index < -0.39 is 0 Å². The van der Waals surface area contributed by atoms with Gasteiger partial charge in [-0.25, -0.2) is 4.98 Å². The minimum absolute atomic E-state index is 0.0685. The lowest BCUT2D eigenvalue weighted by atomic mass is 10.0. The van der Waals surface area contributed by atoms with Crippen molar-refractivity contribution < 1.29 is 4.79 Å². The predicted octanol–water partition coefficient (Wildman–Crippen LogP) is 4.08. The molecule has 3 aromatic heterocycles. The molecule has 0 amide bonds. The number of ketones is 1. The van der Waals surface area contributed by atoms with Crippen molar-refractivity contribution >= 4 is 28.4 Å². The van der Waals surface area contributed by atoms with Gasteiger partial charge in [-0.3, -0.25) is 9.48 Å². The van der Waals surface area contributed by atoms with Crippen molar-refractivity contribution in [2.45, 2.75) is 13.3 Å². The lowest BCUT2D eigenvalue weighted by Gasteiger charge is -2.04. The summed E-state index contributed by atoms with van der Waals surface area (Å²) in [4.78, 5) is 20.5. The maximum absolute atomic E-state index is 12.9. The lowest BCUT2D eigenvalue weighted by molar-refractivity contribution is 0.103. The molecule has 0 spiro atoms. The Hall–Kier alpha value is -2.92. The summed E-state index contributed by atoms with van der Waals surface area (Å²) in [6, 6.07) is 11.6. The van der Waals surface area contributed by atoms with Gasteiger partial charge in [-0.05, 0) is 48.7 Å². The van der Waals surface area contributed by atoms with Crippen molar-refractivity contribution in [2.24, 2.45) is 7.05 Å². The summed E-state index contributed by atoms with van der Waals surface area (Å²) in [5, 5.41) is 5.78. The van der Waals surface area contributed by atoms with E-state index in [1.807, 2.05) is 43.5 Å². The maximum Gasteiger partial charge on any atom is 0.213 e. The zero-order valence-electron chi connectivity index (χ0n) is 14.5. The average molecular weight is 365 g/mol. The molecule has 26 heavy (non-hydrogen) atoms. The van der Waals surface area contributed by atoms with Crippen LogP contribution < -0.4 is 0 Å². The monoisotopic (exact) mass is 364 g/mol. The molecule has 4 aromatic rings. The number of carbonyl (C=O) groups excluding carboxylic acids is 1. The van der Waals surface area contributed by atoms with E-state index in [1.165, 1.54) is 0 Å². The Morgan fingerprint density at radius 3 is 2.81 bits per heavy atom. The van der Waals surface area contributed by atoms with Crippen molar-refractivity contribution in [3.8, 4) is 0 Å². The molecule has 130 valence electrons. The molecule has 0 radical (unpaired) electrons. The first-order valence-electron chi connectivity index (χ1n) is 8.27. The molecule has 3 heterocycles. The number of nitrogens with one attached hydrogen (secondary N) is 1. The minimum Gasteiger partial charge on any atom is -0.345 e. The van der Waals surface area contributed by atoms with Crippen LogP contribution in [-0.2, 0) is 13.5 Å². The van der Waals surface area contributed by atoms with Crippen LogP contribution in [-0.4, -0.2) is 25.5 Å². The van der Waals surface area contributed by atoms with E-state index in [4.69, 9.17) is 11.6 Å². The number of nitrogens with zero attached hydrogens (tertiary/aromatic N) is 3. The van der Waals surface area contributed by atoms with Gasteiger partial charge in [-0.2, -0.15) is 5.10 Å². The summed E-state index contributed by atoms with van der Waals surface area (Å²) in [5.74, 6) is -0.0685. The van der Waals surface area contributed by atoms with Crippen molar-refractivity contribution in [1.82, 2.24) is 19.7 Å². The summed E-state index contributed by atoms with van der Waals surface area (Å²) in [7, 11) is 1.78. The third-order valence-corrected chi connectivity index (χ3v) is 4.60. The molecule has 1 aromatic carbocycles. The van der Waals surface area contributed by atoms with Crippen molar-refractivity contribution in [1.29, 1.82) is 0 Å². The van der Waals surface area contributed by atoms with Gasteiger partial charge in [0, 0.05) is 29.9 Å². The van der Waals surface area contributed by atoms with Gasteiger partial charge in [0.2, 0.25) is 5.78 Å². The molecule has 0 unspecified atom stereocenters. The van der Waals surface area contributed by atoms with Gasteiger partial charge in [0.05, 0.1) is 11.3 Å². The first-order chi connectivity index (χ1) is 12.5. The highest BCUT2D eigenvalue weighted by atomic mass is 35.5. The van der Waals surface area contributed by atoms with E-state index in [9.17, 15) is 4.79 Å². The minimum atomic E-state index is -0.0685. The largest absolute Gasteiger partial charge is 0.345 e. The lowest BCUT2D eigenvalue weighted by Crippen LogP contribution is -2.07. The molecule has 0 aliphatic rings. The third kappa shape index (κ3) is 3.02. The number of hydrogen-bond donors (Lipinski definition) is 1. The van der Waals surface area contributed by atoms with Crippen LogP contribution in [0.3, 0.4) is 0 Å². The molecule has 1 N–H and O–H groups in total. The molecule has 4 rings (SSSR count). The molecular formula is C20H17ClN4O. The van der Waals surface area contributed by atoms with E-state index in [-0.39, 0.29) is 5.78 Å². The summed E-state index contributed by atoms with van der Waals surface area (Å²) in [6.45, 7) is 1.87. The molecule has 6 heteroatoms. The number of carbonyl (C=O) groups is 1. The Morgan fingerprint density at radius 1 is 1.23 bits per heavy atom. The van der Waals surface area contributed by atoms with E-state index in [2.05, 4.69) is 15.1 Å². The Bertz CT molecular complexity index is 1130. The first kappa shape index (κ1) is 16.5. The molecule has 0 fully saturated rings. The standard InChI is InChI=1S/C20H17ClN4O/c1-12-6-18(25(2)24-12)19(26)17-11-23-20-16(17)9-14(10-22-20)7-13-4-3-5-15(21)8-13/h3-6,8-11H,7H2,1-2H3,(H,22,23). The summed E-state index contributed by atoms with van der Waals surface area (Å²) < 4.78 is 1.61. The number of H-pyrrole nitrogens is 1. The van der Waals surface area contributed by atoms with E-state index in [1.54, 1.807) is 24.0 Å². The van der Waals surface area contributed by atoms with Gasteiger partial charge in [-0.1, -0.05) is 23.7 Å². The molecule has 0 aliphatic heterocycles. The van der Waals surface area contributed by atoms with E-state index in [0.29, 0.717) is 28.3 Å². The summed E-state index contributed by atoms with van der Waals surface area (Å²) >= 11 is 6.07. The van der Waals surface area contributed by atoms with Crippen LogP contribution >= 0.6 is 11.6 Å². The molecule has 5 nitrogen and oxygen atoms in total. The quantitative estimate of drug-likeness (QED) is 0.555. The average Bonchev–Trinajstić information content (AvgIpc) is 3.17. The summed E-state index contributed by atoms with van der Waals surface area (Å²) in [5.41, 5.74) is 4.79. The van der Waals surface area contributed by atoms with Crippen LogP contribution in [0.2, 0.25) is 5.02 Å². The molecule has 0 atom stereocenters. The first-order valence-corrected chi connectivity index (χ1v) is 8.65. The normalized spacial score (nSPS) is 11.2. The Balaban J connectivity index is 1.73. The number of aromatic amines is 1. The number of fused-ring (bicyclic) bond motifs is 1. The van der Waals surface area contributed by atoms with E-state index >= 15 is 0 Å². The smallest absolute Gasteiger partial charge is 0.213 e. The fraction of sp³-hybridized carbons (Fsp3) is 0.150. The van der Waals surface area contributed by atoms with Crippen molar-refractivity contribution in [2.75, 3.05) is 0 Å². The fourth-order valence-corrected chi connectivity index (χ4v) is 3.39. The topological polar surface area (TPSA) is 63.6 Å². The fourth-order valence-electron chi connectivity index (χ4n) is 3.17. The van der Waals surface area contributed by atoms with Crippen molar-refractivity contribution in [3.63, 3.8) is 0 Å². The number of halogens is 1. The highest BCUT2D eigenvalue weighted by molar-refractivity contribution is 6.30. The zero-order chi connectivity index (χ0) is 18.3. The van der Waals surface area contributed by atoms with Gasteiger partial charge in [0.1, 0.15) is 11.3 Å². The Kier molecular flexibility index (Phi) is 4.09. The molecule has 0 saturated heterocycles. The number of aryl methyl sites for hydroxylation is 2. The molecule has 0 aliphatic carbocycles. The molecular weight excluding hydrogens is 348 g/mol. The number of benzene rings is 1. The van der Waals surface area contributed by atoms with Gasteiger partial charge >= 0.3 is 0 Å². The third-order valence-electron chi connectivity index (χ3n) is 4.36. The van der Waals surface area contributed by atoms with Crippen LogP contribution in [0.25, 0.3) is 11.0 Å². The zero-order valence-corrected chi connectivity index (χ0v) is 15.2. The van der Waals surface area contributed by atoms with Crippen LogP contribution in [0.1, 0.15) is 32.9 Å². The number of hydrogen-bond acceptors (Lipinski definition) is 3. The van der Waals surface area contributed by atoms with Crippen LogP contribution in [0.5, 0.6) is 0 Å². The van der Waals surface area contributed by atoms with Gasteiger partial charge in [-0.15, -0.1) is 0 Å². The highest BCUT2D eigenvalue weighted by Gasteiger charge is 2.19.